The van der Waals surface area contributed by atoms with Gasteiger partial charge in [-0.1, -0.05) is 0 Å². The van der Waals surface area contributed by atoms with Gasteiger partial charge in [0, 0.05) is 25.2 Å². The molecule has 0 N–H and O–H groups in total. The molecule has 0 saturated carbocycles. The van der Waals surface area contributed by atoms with Gasteiger partial charge in [-0.2, -0.15) is 0 Å². The minimum absolute atomic E-state index is 0.147. The highest BCUT2D eigenvalue weighted by Crippen LogP contribution is 2.14. The summed E-state index contributed by atoms with van der Waals surface area (Å²) in [7, 11) is 1.67. The van der Waals surface area contributed by atoms with E-state index in [1.807, 2.05) is 20.8 Å². The van der Waals surface area contributed by atoms with Crippen LogP contribution in [-0.4, -0.2) is 26.9 Å². The molecule has 5 nitrogen and oxygen atoms in total. The molecular weight excluding hydrogens is 252 g/mol. The van der Waals surface area contributed by atoms with Crippen LogP contribution in [0.4, 0.5) is 0 Å². The number of carbonyl (C=O) groups is 1. The van der Waals surface area contributed by atoms with E-state index in [-0.39, 0.29) is 17.9 Å². The van der Waals surface area contributed by atoms with Gasteiger partial charge in [-0.15, -0.1) is 11.8 Å². The Bertz CT molecular complexity index is 477. The van der Waals surface area contributed by atoms with Crippen molar-refractivity contribution in [3.63, 3.8) is 0 Å². The third-order valence-corrected chi connectivity index (χ3v) is 2.91. The second kappa shape index (κ2) is 6.04. The predicted molar refractivity (Wildman–Crippen MR) is 70.7 cm³/mol. The van der Waals surface area contributed by atoms with Crippen molar-refractivity contribution in [3.8, 4) is 0 Å². The summed E-state index contributed by atoms with van der Waals surface area (Å²) in [6, 6.07) is 0. The van der Waals surface area contributed by atoms with Gasteiger partial charge in [0.25, 0.3) is 5.56 Å². The van der Waals surface area contributed by atoms with Gasteiger partial charge in [0.15, 0.2) is 5.03 Å². The van der Waals surface area contributed by atoms with Crippen molar-refractivity contribution >= 4 is 17.7 Å². The van der Waals surface area contributed by atoms with Crippen LogP contribution >= 0.6 is 11.8 Å². The summed E-state index contributed by atoms with van der Waals surface area (Å²) in [5, 5.41) is 0.406. The summed E-state index contributed by atoms with van der Waals surface area (Å²) in [5.41, 5.74) is -0.616. The first-order chi connectivity index (χ1) is 8.29. The number of esters is 1. The molecule has 0 spiro atoms. The maximum absolute atomic E-state index is 11.6. The highest BCUT2D eigenvalue weighted by Gasteiger charge is 2.16. The quantitative estimate of drug-likeness (QED) is 0.614. The van der Waals surface area contributed by atoms with Gasteiger partial charge < -0.3 is 9.30 Å². The molecule has 0 aliphatic heterocycles. The van der Waals surface area contributed by atoms with Crippen LogP contribution in [0.3, 0.4) is 0 Å². The highest BCUT2D eigenvalue weighted by molar-refractivity contribution is 7.99. The summed E-state index contributed by atoms with van der Waals surface area (Å²) in [6.07, 6.45) is 3.43. The number of thioether (sulfide) groups is 1. The number of aromatic nitrogens is 2. The molecule has 1 rings (SSSR count). The maximum Gasteiger partial charge on any atom is 0.307 e. The fourth-order valence-corrected chi connectivity index (χ4v) is 2.06. The molecule has 1 aromatic rings. The Balaban J connectivity index is 2.45. The van der Waals surface area contributed by atoms with Crippen molar-refractivity contribution in [2.24, 2.45) is 7.05 Å². The number of ether oxygens (including phenoxy) is 1. The number of hydrogen-bond donors (Lipinski definition) is 0. The zero-order valence-electron chi connectivity index (χ0n) is 11.1. The third kappa shape index (κ3) is 4.91. The van der Waals surface area contributed by atoms with Crippen LogP contribution in [-0.2, 0) is 16.6 Å². The molecule has 18 heavy (non-hydrogen) atoms. The van der Waals surface area contributed by atoms with Gasteiger partial charge in [0.05, 0.1) is 6.42 Å². The van der Waals surface area contributed by atoms with Crippen molar-refractivity contribution in [3.05, 3.63) is 22.7 Å². The van der Waals surface area contributed by atoms with Gasteiger partial charge >= 0.3 is 5.97 Å². The second-order valence-corrected chi connectivity index (χ2v) is 5.92. The number of rotatable bonds is 4. The summed E-state index contributed by atoms with van der Waals surface area (Å²) in [6.45, 7) is 5.48. The van der Waals surface area contributed by atoms with Gasteiger partial charge in [-0.3, -0.25) is 9.59 Å². The van der Waals surface area contributed by atoms with E-state index in [1.165, 1.54) is 16.3 Å². The van der Waals surface area contributed by atoms with E-state index in [9.17, 15) is 9.59 Å². The van der Waals surface area contributed by atoms with E-state index in [0.717, 1.165) is 0 Å². The van der Waals surface area contributed by atoms with Gasteiger partial charge in [0.2, 0.25) is 0 Å². The predicted octanol–water partition coefficient (Wildman–Crippen LogP) is 1.60. The number of carbonyl (C=O) groups excluding carboxylic acids is 1. The Morgan fingerprint density at radius 2 is 2.17 bits per heavy atom. The summed E-state index contributed by atoms with van der Waals surface area (Å²) in [5.74, 6) is 0.226. The van der Waals surface area contributed by atoms with Gasteiger partial charge in [0.1, 0.15) is 5.60 Å². The lowest BCUT2D eigenvalue weighted by Crippen LogP contribution is -2.24. The van der Waals surface area contributed by atoms with E-state index in [2.05, 4.69) is 4.98 Å². The van der Waals surface area contributed by atoms with E-state index in [1.54, 1.807) is 19.4 Å². The SMILES string of the molecule is Cn1ccnc(SCCC(=O)OC(C)(C)C)c1=O. The first kappa shape index (κ1) is 14.8. The molecule has 0 aliphatic rings. The summed E-state index contributed by atoms with van der Waals surface area (Å²) >= 11 is 1.27. The van der Waals surface area contributed by atoms with E-state index in [0.29, 0.717) is 10.8 Å². The average Bonchev–Trinajstić information content (AvgIpc) is 2.21. The molecule has 0 aliphatic carbocycles. The number of aryl methyl sites for hydroxylation is 1. The molecule has 0 amide bonds. The fraction of sp³-hybridized carbons (Fsp3) is 0.583. The summed E-state index contributed by atoms with van der Waals surface area (Å²) < 4.78 is 6.63. The van der Waals surface area contributed by atoms with E-state index < -0.39 is 5.60 Å². The lowest BCUT2D eigenvalue weighted by atomic mass is 10.2. The van der Waals surface area contributed by atoms with Crippen LogP contribution in [0.15, 0.2) is 22.2 Å². The number of nitrogens with zero attached hydrogens (tertiary/aromatic N) is 2. The fourth-order valence-electron chi connectivity index (χ4n) is 1.20. The molecule has 0 atom stereocenters. The zero-order chi connectivity index (χ0) is 13.8. The molecule has 0 saturated heterocycles. The molecule has 0 aromatic carbocycles. The molecule has 6 heteroatoms. The van der Waals surface area contributed by atoms with Crippen LogP contribution in [0.2, 0.25) is 0 Å². The Morgan fingerprint density at radius 1 is 1.50 bits per heavy atom. The average molecular weight is 270 g/mol. The lowest BCUT2D eigenvalue weighted by molar-refractivity contribution is -0.154. The van der Waals surface area contributed by atoms with E-state index in [4.69, 9.17) is 4.74 Å². The largest absolute Gasteiger partial charge is 0.460 e. The van der Waals surface area contributed by atoms with Crippen molar-refractivity contribution in [2.45, 2.75) is 37.8 Å². The van der Waals surface area contributed by atoms with Crippen molar-refractivity contribution in [1.29, 1.82) is 0 Å². The van der Waals surface area contributed by atoms with Crippen LogP contribution < -0.4 is 5.56 Å². The Labute approximate surface area is 111 Å². The van der Waals surface area contributed by atoms with Gasteiger partial charge in [-0.05, 0) is 20.8 Å². The first-order valence-electron chi connectivity index (χ1n) is 5.66. The topological polar surface area (TPSA) is 61.2 Å². The Kier molecular flexibility index (Phi) is 4.95. The van der Waals surface area contributed by atoms with Crippen molar-refractivity contribution < 1.29 is 9.53 Å². The van der Waals surface area contributed by atoms with Crippen molar-refractivity contribution in [2.75, 3.05) is 5.75 Å². The molecule has 0 radical (unpaired) electrons. The van der Waals surface area contributed by atoms with E-state index >= 15 is 0 Å². The van der Waals surface area contributed by atoms with Gasteiger partial charge in [-0.25, -0.2) is 4.98 Å². The molecular formula is C12H18N2O3S. The van der Waals surface area contributed by atoms with Crippen LogP contribution in [0, 0.1) is 0 Å². The zero-order valence-corrected chi connectivity index (χ0v) is 11.9. The smallest absolute Gasteiger partial charge is 0.307 e. The molecule has 0 bridgehead atoms. The Hall–Kier alpha value is -1.30. The monoisotopic (exact) mass is 270 g/mol. The van der Waals surface area contributed by atoms with Crippen molar-refractivity contribution in [1.82, 2.24) is 9.55 Å². The highest BCUT2D eigenvalue weighted by atomic mass is 32.2. The first-order valence-corrected chi connectivity index (χ1v) is 6.64. The summed E-state index contributed by atoms with van der Waals surface area (Å²) in [4.78, 5) is 27.1. The lowest BCUT2D eigenvalue weighted by Gasteiger charge is -2.19. The second-order valence-electron chi connectivity index (χ2n) is 4.83. The van der Waals surface area contributed by atoms with Crippen LogP contribution in [0.5, 0.6) is 0 Å². The van der Waals surface area contributed by atoms with Crippen LogP contribution in [0.1, 0.15) is 27.2 Å². The normalized spacial score (nSPS) is 11.3. The maximum atomic E-state index is 11.6. The molecule has 100 valence electrons. The third-order valence-electron chi connectivity index (χ3n) is 1.95. The van der Waals surface area contributed by atoms with Crippen LogP contribution in [0.25, 0.3) is 0 Å². The number of hydrogen-bond acceptors (Lipinski definition) is 5. The molecule has 1 aromatic heterocycles. The Morgan fingerprint density at radius 3 is 2.78 bits per heavy atom. The minimum Gasteiger partial charge on any atom is -0.460 e. The molecule has 1 heterocycles. The molecule has 0 fully saturated rings. The minimum atomic E-state index is -0.469. The molecule has 0 unspecified atom stereocenters. The standard InChI is InChI=1S/C12H18N2O3S/c1-12(2,3)17-9(15)5-8-18-10-11(16)14(4)7-6-13-10/h6-7H,5,8H2,1-4H3.